The monoisotopic (exact) mass is 226 g/mol. The molecule has 0 aliphatic carbocycles. The van der Waals surface area contributed by atoms with Crippen molar-refractivity contribution >= 4 is 17.4 Å². The third kappa shape index (κ3) is 1.96. The lowest BCUT2D eigenvalue weighted by atomic mass is 10.2. The molecule has 1 aliphatic heterocycles. The summed E-state index contributed by atoms with van der Waals surface area (Å²) in [6, 6.07) is 5.44. The van der Waals surface area contributed by atoms with Crippen LogP contribution in [0, 0.1) is 5.82 Å². The zero-order chi connectivity index (χ0) is 10.8. The first kappa shape index (κ1) is 10.8. The number of nitrogens with two attached hydrogens (primary N) is 1. The Hall–Kier alpha value is -0.740. The van der Waals surface area contributed by atoms with Gasteiger partial charge in [0.15, 0.2) is 0 Å². The molecule has 0 saturated carbocycles. The van der Waals surface area contributed by atoms with E-state index in [2.05, 4.69) is 4.90 Å². The Morgan fingerprint density at radius 3 is 3.13 bits per heavy atom. The zero-order valence-corrected chi connectivity index (χ0v) is 9.56. The second kappa shape index (κ2) is 4.41. The molecule has 0 aromatic heterocycles. The van der Waals surface area contributed by atoms with Crippen molar-refractivity contribution in [3.8, 4) is 0 Å². The fourth-order valence-corrected chi connectivity index (χ4v) is 2.86. The summed E-state index contributed by atoms with van der Waals surface area (Å²) in [5, 5.41) is 0. The van der Waals surface area contributed by atoms with Crippen LogP contribution in [0.25, 0.3) is 0 Å². The highest BCUT2D eigenvalue weighted by molar-refractivity contribution is 7.99. The fraction of sp³-hybridized carbons (Fsp3) is 0.455. The van der Waals surface area contributed by atoms with E-state index in [0.717, 1.165) is 22.9 Å². The molecule has 1 aromatic rings. The summed E-state index contributed by atoms with van der Waals surface area (Å²) >= 11 is 1.71. The van der Waals surface area contributed by atoms with Crippen molar-refractivity contribution in [3.63, 3.8) is 0 Å². The summed E-state index contributed by atoms with van der Waals surface area (Å²) in [7, 11) is 0. The maximum atomic E-state index is 13.7. The molecule has 0 fully saturated rings. The maximum absolute atomic E-state index is 13.7. The largest absolute Gasteiger partial charge is 0.363 e. The predicted molar refractivity (Wildman–Crippen MR) is 63.0 cm³/mol. The van der Waals surface area contributed by atoms with Crippen LogP contribution in [0.4, 0.5) is 10.1 Å². The van der Waals surface area contributed by atoms with Gasteiger partial charge in [0.25, 0.3) is 0 Å². The Morgan fingerprint density at radius 2 is 2.40 bits per heavy atom. The molecule has 1 aromatic carbocycles. The van der Waals surface area contributed by atoms with Gasteiger partial charge >= 0.3 is 0 Å². The summed E-state index contributed by atoms with van der Waals surface area (Å²) in [5.74, 6) is 0.862. The van der Waals surface area contributed by atoms with Gasteiger partial charge in [0.05, 0.1) is 5.69 Å². The van der Waals surface area contributed by atoms with Crippen molar-refractivity contribution in [3.05, 3.63) is 24.0 Å². The summed E-state index contributed by atoms with van der Waals surface area (Å²) in [6.07, 6.45) is 0. The summed E-state index contributed by atoms with van der Waals surface area (Å²) < 4.78 is 13.7. The lowest BCUT2D eigenvalue weighted by Gasteiger charge is -2.35. The molecule has 82 valence electrons. The normalized spacial score (nSPS) is 17.4. The number of benzene rings is 1. The van der Waals surface area contributed by atoms with Crippen LogP contribution < -0.4 is 10.6 Å². The SMILES string of the molecule is CC(CN)N1CCSc2cccc(F)c21. The molecule has 1 heterocycles. The molecular formula is C11H15FN2S. The zero-order valence-electron chi connectivity index (χ0n) is 8.74. The van der Waals surface area contributed by atoms with Crippen LogP contribution >= 0.6 is 11.8 Å². The van der Waals surface area contributed by atoms with Crippen molar-refractivity contribution in [2.45, 2.75) is 17.9 Å². The van der Waals surface area contributed by atoms with Crippen LogP contribution in [0.2, 0.25) is 0 Å². The topological polar surface area (TPSA) is 29.3 Å². The third-order valence-corrected chi connectivity index (χ3v) is 3.73. The van der Waals surface area contributed by atoms with Crippen molar-refractivity contribution < 1.29 is 4.39 Å². The second-order valence-electron chi connectivity index (χ2n) is 3.71. The number of para-hydroxylation sites is 1. The molecule has 2 rings (SSSR count). The quantitative estimate of drug-likeness (QED) is 0.837. The number of hydrogen-bond acceptors (Lipinski definition) is 3. The smallest absolute Gasteiger partial charge is 0.147 e. The van der Waals surface area contributed by atoms with E-state index < -0.39 is 0 Å². The first-order valence-corrected chi connectivity index (χ1v) is 6.10. The molecule has 2 nitrogen and oxygen atoms in total. The maximum Gasteiger partial charge on any atom is 0.147 e. The molecule has 0 amide bonds. The van der Waals surface area contributed by atoms with Gasteiger partial charge in [-0.15, -0.1) is 11.8 Å². The molecule has 2 N–H and O–H groups in total. The third-order valence-electron chi connectivity index (χ3n) is 2.70. The Bertz CT molecular complexity index is 356. The van der Waals surface area contributed by atoms with Crippen molar-refractivity contribution in [2.75, 3.05) is 23.7 Å². The number of hydrogen-bond donors (Lipinski definition) is 1. The molecule has 15 heavy (non-hydrogen) atoms. The van der Waals surface area contributed by atoms with Gasteiger partial charge in [-0.25, -0.2) is 4.39 Å². The predicted octanol–water partition coefficient (Wildman–Crippen LogP) is 2.08. The van der Waals surface area contributed by atoms with E-state index in [1.165, 1.54) is 6.07 Å². The van der Waals surface area contributed by atoms with E-state index >= 15 is 0 Å². The molecular weight excluding hydrogens is 211 g/mol. The minimum atomic E-state index is -0.139. The fourth-order valence-electron chi connectivity index (χ4n) is 1.82. The molecule has 0 saturated heterocycles. The van der Waals surface area contributed by atoms with E-state index in [4.69, 9.17) is 5.73 Å². The van der Waals surface area contributed by atoms with Crippen LogP contribution in [-0.2, 0) is 0 Å². The van der Waals surface area contributed by atoms with Crippen LogP contribution in [0.15, 0.2) is 23.1 Å². The van der Waals surface area contributed by atoms with Gasteiger partial charge in [0.2, 0.25) is 0 Å². The van der Waals surface area contributed by atoms with E-state index in [1.54, 1.807) is 17.8 Å². The first-order valence-electron chi connectivity index (χ1n) is 5.12. The average molecular weight is 226 g/mol. The Labute approximate surface area is 93.6 Å². The van der Waals surface area contributed by atoms with Crippen LogP contribution in [-0.4, -0.2) is 24.9 Å². The van der Waals surface area contributed by atoms with E-state index in [-0.39, 0.29) is 11.9 Å². The van der Waals surface area contributed by atoms with Gasteiger partial charge in [0, 0.05) is 29.8 Å². The highest BCUT2D eigenvalue weighted by Gasteiger charge is 2.23. The summed E-state index contributed by atoms with van der Waals surface area (Å²) in [5.41, 5.74) is 6.37. The number of thioether (sulfide) groups is 1. The number of fused-ring (bicyclic) bond motifs is 1. The van der Waals surface area contributed by atoms with Crippen LogP contribution in [0.3, 0.4) is 0 Å². The molecule has 4 heteroatoms. The van der Waals surface area contributed by atoms with Gasteiger partial charge in [-0.1, -0.05) is 6.07 Å². The molecule has 0 bridgehead atoms. The highest BCUT2D eigenvalue weighted by atomic mass is 32.2. The lowest BCUT2D eigenvalue weighted by Crippen LogP contribution is -2.42. The number of anilines is 1. The van der Waals surface area contributed by atoms with Gasteiger partial charge in [-0.2, -0.15) is 0 Å². The van der Waals surface area contributed by atoms with E-state index in [0.29, 0.717) is 6.54 Å². The minimum absolute atomic E-state index is 0.139. The highest BCUT2D eigenvalue weighted by Crippen LogP contribution is 2.37. The van der Waals surface area contributed by atoms with Crippen molar-refractivity contribution in [2.24, 2.45) is 5.73 Å². The first-order chi connectivity index (χ1) is 7.24. The van der Waals surface area contributed by atoms with Crippen LogP contribution in [0.1, 0.15) is 6.92 Å². The van der Waals surface area contributed by atoms with E-state index in [1.807, 2.05) is 13.0 Å². The van der Waals surface area contributed by atoms with E-state index in [9.17, 15) is 4.39 Å². The number of rotatable bonds is 2. The molecule has 1 aliphatic rings. The Kier molecular flexibility index (Phi) is 3.17. The van der Waals surface area contributed by atoms with Gasteiger partial charge < -0.3 is 10.6 Å². The lowest BCUT2D eigenvalue weighted by molar-refractivity contribution is 0.586. The molecule has 0 radical (unpaired) electrons. The second-order valence-corrected chi connectivity index (χ2v) is 4.85. The minimum Gasteiger partial charge on any atom is -0.363 e. The molecule has 0 spiro atoms. The Balaban J connectivity index is 2.40. The van der Waals surface area contributed by atoms with Crippen molar-refractivity contribution in [1.82, 2.24) is 0 Å². The van der Waals surface area contributed by atoms with Crippen LogP contribution in [0.5, 0.6) is 0 Å². The summed E-state index contributed by atoms with van der Waals surface area (Å²) in [6.45, 7) is 3.46. The Morgan fingerprint density at radius 1 is 1.60 bits per heavy atom. The standard InChI is InChI=1S/C11H15FN2S/c1-8(7-13)14-5-6-15-10-4-2-3-9(12)11(10)14/h2-4,8H,5-7,13H2,1H3. The van der Waals surface area contributed by atoms with Crippen molar-refractivity contribution in [1.29, 1.82) is 0 Å². The summed E-state index contributed by atoms with van der Waals surface area (Å²) in [4.78, 5) is 3.10. The molecule has 1 unspecified atom stereocenters. The average Bonchev–Trinajstić information content (AvgIpc) is 2.28. The van der Waals surface area contributed by atoms with Gasteiger partial charge in [0.1, 0.15) is 5.82 Å². The number of halogens is 1. The molecule has 1 atom stereocenters. The van der Waals surface area contributed by atoms with Gasteiger partial charge in [-0.3, -0.25) is 0 Å². The number of nitrogens with zero attached hydrogens (tertiary/aromatic N) is 1. The van der Waals surface area contributed by atoms with Gasteiger partial charge in [-0.05, 0) is 19.1 Å².